The summed E-state index contributed by atoms with van der Waals surface area (Å²) in [6, 6.07) is 0. The summed E-state index contributed by atoms with van der Waals surface area (Å²) in [6.45, 7) is 24.9. The number of hydrogen-bond acceptors (Lipinski definition) is 18. The fourth-order valence-corrected chi connectivity index (χ4v) is 14.8. The van der Waals surface area contributed by atoms with Gasteiger partial charge < -0.3 is 42.6 Å². The summed E-state index contributed by atoms with van der Waals surface area (Å²) in [5.74, 6) is -0.114. The number of hydrogen-bond donors (Lipinski definition) is 0. The van der Waals surface area contributed by atoms with Crippen LogP contribution in [-0.4, -0.2) is 119 Å². The minimum absolute atomic E-state index is 0.0409. The lowest BCUT2D eigenvalue weighted by atomic mass is 9.75. The monoisotopic (exact) mass is 1040 g/mol. The molecular weight excluding hydrogens is 965 g/mol. The Morgan fingerprint density at radius 1 is 0.521 bits per heavy atom. The van der Waals surface area contributed by atoms with Gasteiger partial charge in [0.1, 0.15) is 30.5 Å². The summed E-state index contributed by atoms with van der Waals surface area (Å²) in [4.78, 5) is 95.2. The predicted molar refractivity (Wildman–Crippen MR) is 259 cm³/mol. The second-order valence-electron chi connectivity index (χ2n) is 25.7. The van der Waals surface area contributed by atoms with Crippen molar-refractivity contribution in [3.8, 4) is 0 Å². The number of ether oxygens (including phenoxy) is 9. The van der Waals surface area contributed by atoms with E-state index in [1.165, 1.54) is 0 Å². The van der Waals surface area contributed by atoms with Crippen LogP contribution in [0.3, 0.4) is 0 Å². The molecule has 0 aromatic rings. The summed E-state index contributed by atoms with van der Waals surface area (Å²) in [6.07, 6.45) is 5.52. The molecule has 8 bridgehead atoms. The van der Waals surface area contributed by atoms with Crippen LogP contribution in [0.5, 0.6) is 0 Å². The Bertz CT molecular complexity index is 2090. The molecule has 0 radical (unpaired) electrons. The van der Waals surface area contributed by atoms with Crippen molar-refractivity contribution in [3.05, 3.63) is 0 Å². The van der Waals surface area contributed by atoms with Crippen molar-refractivity contribution in [3.63, 3.8) is 0 Å². The Balaban J connectivity index is 0.000000120. The highest BCUT2D eigenvalue weighted by Gasteiger charge is 2.70. The van der Waals surface area contributed by atoms with E-state index in [1.807, 2.05) is 90.0 Å². The molecular formula is C55H78O17S. The molecule has 12 fully saturated rings. The second-order valence-corrected chi connectivity index (χ2v) is 27.1. The molecule has 0 aromatic heterocycles. The zero-order chi connectivity index (χ0) is 53.2. The maximum atomic E-state index is 12.2. The normalized spacial score (nSPS) is 41.7. The average Bonchev–Trinajstić information content (AvgIpc) is 4.23. The molecule has 0 aromatic carbocycles. The van der Waals surface area contributed by atoms with E-state index in [1.54, 1.807) is 11.8 Å². The first-order chi connectivity index (χ1) is 34.1. The molecule has 4 saturated carbocycles. The van der Waals surface area contributed by atoms with Gasteiger partial charge in [0.05, 0.1) is 56.2 Å². The smallest absolute Gasteiger partial charge is 0.312 e. The molecule has 20 atom stereocenters. The van der Waals surface area contributed by atoms with Crippen LogP contribution in [0.2, 0.25) is 0 Å². The van der Waals surface area contributed by atoms with Crippen molar-refractivity contribution in [2.24, 2.45) is 68.5 Å². The number of carbonyl (C=O) groups excluding carboxylic acids is 8. The Morgan fingerprint density at radius 2 is 1.00 bits per heavy atom. The summed E-state index contributed by atoms with van der Waals surface area (Å²) >= 11 is 1.76. The Hall–Kier alpha value is -3.93. The van der Waals surface area contributed by atoms with Gasteiger partial charge in [-0.15, -0.1) is 11.8 Å². The van der Waals surface area contributed by atoms with Crippen LogP contribution in [0.1, 0.15) is 154 Å². The number of thioether (sulfide) groups is 1. The highest BCUT2D eigenvalue weighted by atomic mass is 32.2. The summed E-state index contributed by atoms with van der Waals surface area (Å²) in [5.41, 5.74) is -2.21. The Kier molecular flexibility index (Phi) is 14.0. The third-order valence-corrected chi connectivity index (χ3v) is 21.4. The maximum Gasteiger partial charge on any atom is 0.312 e. The first-order valence-corrected chi connectivity index (χ1v) is 28.0. The van der Waals surface area contributed by atoms with Gasteiger partial charge in [-0.3, -0.25) is 38.4 Å². The third kappa shape index (κ3) is 9.06. The molecule has 4 aliphatic carbocycles. The molecule has 0 spiro atoms. The van der Waals surface area contributed by atoms with Crippen LogP contribution >= 0.6 is 11.8 Å². The van der Waals surface area contributed by atoms with E-state index in [0.29, 0.717) is 30.6 Å². The fraction of sp³-hybridized carbons (Fsp3) is 0.855. The van der Waals surface area contributed by atoms with Gasteiger partial charge in [-0.2, -0.15) is 0 Å². The fourth-order valence-electron chi connectivity index (χ4n) is 13.0. The van der Waals surface area contributed by atoms with Crippen molar-refractivity contribution in [2.75, 3.05) is 0 Å². The van der Waals surface area contributed by atoms with Crippen LogP contribution in [-0.2, 0) is 81.0 Å². The number of carbonyl (C=O) groups is 8. The van der Waals surface area contributed by atoms with Crippen LogP contribution in [0.15, 0.2) is 0 Å². The molecule has 8 heterocycles. The molecule has 20 unspecified atom stereocenters. The van der Waals surface area contributed by atoms with Gasteiger partial charge in [0.25, 0.3) is 0 Å². The first kappa shape index (κ1) is 53.9. The zero-order valence-electron chi connectivity index (χ0n) is 44.9. The van der Waals surface area contributed by atoms with Crippen LogP contribution in [0, 0.1) is 68.5 Å². The lowest BCUT2D eigenvalue weighted by Gasteiger charge is -2.31. The summed E-state index contributed by atoms with van der Waals surface area (Å²) in [5, 5.41) is 0.457. The average molecular weight is 1040 g/mol. The highest BCUT2D eigenvalue weighted by molar-refractivity contribution is 8.01. The van der Waals surface area contributed by atoms with E-state index in [0.717, 1.165) is 51.4 Å². The lowest BCUT2D eigenvalue weighted by molar-refractivity contribution is -0.170. The first-order valence-electron chi connectivity index (χ1n) is 27.1. The van der Waals surface area contributed by atoms with Gasteiger partial charge in [-0.05, 0) is 127 Å². The quantitative estimate of drug-likeness (QED) is 0.141. The highest BCUT2D eigenvalue weighted by Crippen LogP contribution is 2.63. The molecule has 406 valence electrons. The molecule has 0 amide bonds. The van der Waals surface area contributed by atoms with Gasteiger partial charge in [0.2, 0.25) is 0 Å². The SMILES string of the molecule is CCC(C)(C)C(=O)OC1C2CC3C(=O)OC1C3C2.CCC(C)(C)C(=O)OC1C2CC3C(=O)OC1C3O2.CCC(C)(C)C(=O)OC1C2CC3C(=O)OC1C3S2.CCC(C)(C)C(=O)OC1C2CC3C1OC(=O)C3(C)C2. The topological polar surface area (TPSA) is 220 Å². The molecule has 12 rings (SSSR count). The van der Waals surface area contributed by atoms with Gasteiger partial charge >= 0.3 is 47.8 Å². The summed E-state index contributed by atoms with van der Waals surface area (Å²) in [7, 11) is 0. The predicted octanol–water partition coefficient (Wildman–Crippen LogP) is 7.03. The third-order valence-electron chi connectivity index (χ3n) is 19.7. The zero-order valence-corrected chi connectivity index (χ0v) is 45.7. The summed E-state index contributed by atoms with van der Waals surface area (Å²) < 4.78 is 49.7. The second kappa shape index (κ2) is 19.0. The van der Waals surface area contributed by atoms with Crippen LogP contribution in [0.25, 0.3) is 0 Å². The van der Waals surface area contributed by atoms with Crippen molar-refractivity contribution in [1.29, 1.82) is 0 Å². The van der Waals surface area contributed by atoms with E-state index in [4.69, 9.17) is 42.6 Å². The standard InChI is InChI=1S/C15H22O4.C14H20O4.C13H18O5.C13H18O4S/c1-5-14(2,3)12(16)18-10-8-6-9-11(10)19-13(17)15(9,4)7-8;1-4-14(2,3)13(16)18-10-7-5-8-9(6-7)12(15)17-11(8)10;1-4-13(2,3)12(15)18-9-7-5-6-8(16-7)10(9)17-11(6)14;1-4-13(2,3)12(15)17-8-7-5-6-10(18-7)9(8)16-11(6)14/h8-11H,5-7H2,1-4H3;7-11H,4-6H2,1-3H3;2*6-10H,4-5H2,1-3H3. The lowest BCUT2D eigenvalue weighted by Crippen LogP contribution is -2.42. The van der Waals surface area contributed by atoms with Gasteiger partial charge in [0.15, 0.2) is 24.4 Å². The van der Waals surface area contributed by atoms with E-state index < -0.39 is 33.9 Å². The van der Waals surface area contributed by atoms with E-state index >= 15 is 0 Å². The minimum atomic E-state index is -0.510. The number of rotatable bonds is 12. The molecule has 8 aliphatic heterocycles. The van der Waals surface area contributed by atoms with Gasteiger partial charge in [-0.25, -0.2) is 0 Å². The number of fused-ring (bicyclic) bond motifs is 4. The van der Waals surface area contributed by atoms with Crippen molar-refractivity contribution in [2.45, 2.75) is 226 Å². The van der Waals surface area contributed by atoms with E-state index in [9.17, 15) is 38.4 Å². The molecule has 17 nitrogen and oxygen atoms in total. The number of esters is 8. The molecule has 8 saturated heterocycles. The van der Waals surface area contributed by atoms with Crippen LogP contribution < -0.4 is 0 Å². The Labute approximate surface area is 433 Å². The van der Waals surface area contributed by atoms with E-state index in [-0.39, 0.29) is 136 Å². The minimum Gasteiger partial charge on any atom is -0.458 e. The Morgan fingerprint density at radius 3 is 1.56 bits per heavy atom. The van der Waals surface area contributed by atoms with Gasteiger partial charge in [0, 0.05) is 28.9 Å². The van der Waals surface area contributed by atoms with Gasteiger partial charge in [-0.1, -0.05) is 27.7 Å². The largest absolute Gasteiger partial charge is 0.458 e. The van der Waals surface area contributed by atoms with E-state index in [2.05, 4.69) is 0 Å². The molecule has 18 heteroatoms. The van der Waals surface area contributed by atoms with Crippen molar-refractivity contribution < 1.29 is 81.0 Å². The van der Waals surface area contributed by atoms with Crippen molar-refractivity contribution >= 4 is 59.5 Å². The molecule has 12 aliphatic rings. The van der Waals surface area contributed by atoms with Crippen LogP contribution in [0.4, 0.5) is 0 Å². The molecule has 73 heavy (non-hydrogen) atoms. The molecule has 0 N–H and O–H groups in total. The maximum absolute atomic E-state index is 12.2. The van der Waals surface area contributed by atoms with Crippen molar-refractivity contribution in [1.82, 2.24) is 0 Å².